The smallest absolute Gasteiger partial charge is 0.461 e. The summed E-state index contributed by atoms with van der Waals surface area (Å²) in [5, 5.41) is 0.752. The quantitative estimate of drug-likeness (QED) is 0.715. The zero-order valence-corrected chi connectivity index (χ0v) is 10.5. The third-order valence-electron chi connectivity index (χ3n) is 1.85. The number of furan rings is 1. The third kappa shape index (κ3) is 4.31. The summed E-state index contributed by atoms with van der Waals surface area (Å²) < 4.78 is 44.6. The molecule has 0 unspecified atom stereocenters. The molecule has 2 nitrogen and oxygen atoms in total. The van der Waals surface area contributed by atoms with Gasteiger partial charge in [-0.25, -0.2) is 0 Å². The van der Waals surface area contributed by atoms with E-state index in [1.807, 2.05) is 0 Å². The average Bonchev–Trinajstić information content (AvgIpc) is 2.56. The Bertz CT molecular complexity index is 500. The molecule has 0 atom stereocenters. The summed E-state index contributed by atoms with van der Waals surface area (Å²) in [6.07, 6.45) is -3.42. The molecule has 2 rings (SSSR count). The maximum atomic E-state index is 11.9. The molecule has 0 fully saturated rings. The minimum Gasteiger partial charge on any atom is -0.461 e. The standard InChI is InChI=1S/C10H7F3O2.C3H8/c1-6-4-7-2-3-8(5-9(7)14-6)15-10(11,12)13;1-3-2/h2-5H,1H3;3H2,1-2H3. The Balaban J connectivity index is 0.000000492. The van der Waals surface area contributed by atoms with E-state index >= 15 is 0 Å². The first-order valence-electron chi connectivity index (χ1n) is 5.61. The number of benzene rings is 1. The van der Waals surface area contributed by atoms with Crippen LogP contribution >= 0.6 is 0 Å². The molecular weight excluding hydrogens is 245 g/mol. The lowest BCUT2D eigenvalue weighted by atomic mass is 10.2. The van der Waals surface area contributed by atoms with Gasteiger partial charge in [0.05, 0.1) is 0 Å². The maximum Gasteiger partial charge on any atom is 0.573 e. The lowest BCUT2D eigenvalue weighted by Gasteiger charge is -2.07. The second kappa shape index (κ2) is 5.80. The molecule has 0 aliphatic heterocycles. The highest BCUT2D eigenvalue weighted by atomic mass is 19.4. The lowest BCUT2D eigenvalue weighted by molar-refractivity contribution is -0.274. The van der Waals surface area contributed by atoms with E-state index in [0.29, 0.717) is 11.3 Å². The summed E-state index contributed by atoms with van der Waals surface area (Å²) in [5.74, 6) is 0.374. The Hall–Kier alpha value is -1.65. The molecule has 1 aromatic heterocycles. The van der Waals surface area contributed by atoms with E-state index in [0.717, 1.165) is 5.39 Å². The summed E-state index contributed by atoms with van der Waals surface area (Å²) in [5.41, 5.74) is 0.384. The number of hydrogen-bond acceptors (Lipinski definition) is 2. The highest BCUT2D eigenvalue weighted by Crippen LogP contribution is 2.27. The van der Waals surface area contributed by atoms with Crippen molar-refractivity contribution < 1.29 is 22.3 Å². The number of fused-ring (bicyclic) bond motifs is 1. The summed E-state index contributed by atoms with van der Waals surface area (Å²) in [6, 6.07) is 5.74. The van der Waals surface area contributed by atoms with Crippen LogP contribution in [0.4, 0.5) is 13.2 Å². The van der Waals surface area contributed by atoms with Gasteiger partial charge in [-0.05, 0) is 25.1 Å². The summed E-state index contributed by atoms with van der Waals surface area (Å²) in [6.45, 7) is 5.98. The second-order valence-electron chi connectivity index (χ2n) is 3.81. The van der Waals surface area contributed by atoms with E-state index < -0.39 is 6.36 Å². The number of rotatable bonds is 1. The van der Waals surface area contributed by atoms with Gasteiger partial charge in [-0.15, -0.1) is 13.2 Å². The monoisotopic (exact) mass is 260 g/mol. The minimum atomic E-state index is -4.67. The first-order chi connectivity index (χ1) is 8.35. The van der Waals surface area contributed by atoms with Crippen LogP contribution < -0.4 is 4.74 Å². The molecule has 5 heteroatoms. The summed E-state index contributed by atoms with van der Waals surface area (Å²) >= 11 is 0. The van der Waals surface area contributed by atoms with Gasteiger partial charge >= 0.3 is 6.36 Å². The van der Waals surface area contributed by atoms with Crippen molar-refractivity contribution in [1.82, 2.24) is 0 Å². The van der Waals surface area contributed by atoms with Crippen LogP contribution in [-0.4, -0.2) is 6.36 Å². The van der Waals surface area contributed by atoms with E-state index in [-0.39, 0.29) is 5.75 Å². The van der Waals surface area contributed by atoms with Gasteiger partial charge in [0, 0.05) is 11.5 Å². The third-order valence-corrected chi connectivity index (χ3v) is 1.85. The SMILES string of the molecule is CCC.Cc1cc2ccc(OC(F)(F)F)cc2o1. The van der Waals surface area contributed by atoms with Crippen molar-refractivity contribution in [3.8, 4) is 5.75 Å². The molecule has 1 heterocycles. The summed E-state index contributed by atoms with van der Waals surface area (Å²) in [4.78, 5) is 0. The fraction of sp³-hybridized carbons (Fsp3) is 0.385. The van der Waals surface area contributed by atoms with Crippen LogP contribution in [0.15, 0.2) is 28.7 Å². The Morgan fingerprint density at radius 3 is 2.33 bits per heavy atom. The molecular formula is C13H15F3O2. The summed E-state index contributed by atoms with van der Waals surface area (Å²) in [7, 11) is 0. The van der Waals surface area contributed by atoms with Gasteiger partial charge < -0.3 is 9.15 Å². The van der Waals surface area contributed by atoms with Crippen molar-refractivity contribution in [1.29, 1.82) is 0 Å². The zero-order chi connectivity index (χ0) is 13.8. The van der Waals surface area contributed by atoms with E-state index in [1.165, 1.54) is 24.6 Å². The van der Waals surface area contributed by atoms with Crippen molar-refractivity contribution in [2.75, 3.05) is 0 Å². The van der Waals surface area contributed by atoms with Crippen molar-refractivity contribution in [2.45, 2.75) is 33.6 Å². The molecule has 0 radical (unpaired) electrons. The van der Waals surface area contributed by atoms with E-state index in [9.17, 15) is 13.2 Å². The first kappa shape index (κ1) is 14.4. The average molecular weight is 260 g/mol. The molecule has 100 valence electrons. The molecule has 2 aromatic rings. The molecule has 0 spiro atoms. The number of aryl methyl sites for hydroxylation is 1. The van der Waals surface area contributed by atoms with Crippen molar-refractivity contribution in [2.24, 2.45) is 0 Å². The van der Waals surface area contributed by atoms with Crippen LogP contribution in [0.5, 0.6) is 5.75 Å². The van der Waals surface area contributed by atoms with E-state index in [4.69, 9.17) is 4.42 Å². The van der Waals surface area contributed by atoms with Crippen LogP contribution in [0.1, 0.15) is 26.0 Å². The first-order valence-corrected chi connectivity index (χ1v) is 5.61. The molecule has 0 saturated carbocycles. The Kier molecular flexibility index (Phi) is 4.64. The Morgan fingerprint density at radius 2 is 1.78 bits per heavy atom. The molecule has 18 heavy (non-hydrogen) atoms. The molecule has 1 aromatic carbocycles. The normalized spacial score (nSPS) is 11.0. The Labute approximate surface area is 103 Å². The van der Waals surface area contributed by atoms with Gasteiger partial charge in [0.25, 0.3) is 0 Å². The van der Waals surface area contributed by atoms with Crippen LogP contribution in [-0.2, 0) is 0 Å². The predicted octanol–water partition coefficient (Wildman–Crippen LogP) is 5.06. The second-order valence-corrected chi connectivity index (χ2v) is 3.81. The topological polar surface area (TPSA) is 22.4 Å². The lowest BCUT2D eigenvalue weighted by Crippen LogP contribution is -2.16. The van der Waals surface area contributed by atoms with Gasteiger partial charge in [0.2, 0.25) is 0 Å². The number of ether oxygens (including phenoxy) is 1. The van der Waals surface area contributed by atoms with Crippen LogP contribution in [0, 0.1) is 6.92 Å². The molecule has 0 bridgehead atoms. The van der Waals surface area contributed by atoms with Crippen LogP contribution in [0.25, 0.3) is 11.0 Å². The van der Waals surface area contributed by atoms with Crippen LogP contribution in [0.2, 0.25) is 0 Å². The van der Waals surface area contributed by atoms with Crippen molar-refractivity contribution in [3.05, 3.63) is 30.0 Å². The highest BCUT2D eigenvalue weighted by Gasteiger charge is 2.31. The molecule has 0 aliphatic rings. The Morgan fingerprint density at radius 1 is 1.17 bits per heavy atom. The van der Waals surface area contributed by atoms with Gasteiger partial charge in [-0.1, -0.05) is 20.3 Å². The van der Waals surface area contributed by atoms with Gasteiger partial charge in [0.1, 0.15) is 17.1 Å². The van der Waals surface area contributed by atoms with Gasteiger partial charge in [0.15, 0.2) is 0 Å². The molecule has 0 amide bonds. The van der Waals surface area contributed by atoms with Crippen LogP contribution in [0.3, 0.4) is 0 Å². The van der Waals surface area contributed by atoms with E-state index in [2.05, 4.69) is 18.6 Å². The largest absolute Gasteiger partial charge is 0.573 e. The maximum absolute atomic E-state index is 11.9. The number of alkyl halides is 3. The minimum absolute atomic E-state index is 0.274. The highest BCUT2D eigenvalue weighted by molar-refractivity contribution is 5.79. The van der Waals surface area contributed by atoms with Gasteiger partial charge in [-0.2, -0.15) is 0 Å². The van der Waals surface area contributed by atoms with Crippen molar-refractivity contribution >= 4 is 11.0 Å². The fourth-order valence-corrected chi connectivity index (χ4v) is 1.34. The molecule has 0 N–H and O–H groups in total. The number of hydrogen-bond donors (Lipinski definition) is 0. The fourth-order valence-electron chi connectivity index (χ4n) is 1.34. The number of halogens is 3. The molecule has 0 saturated heterocycles. The van der Waals surface area contributed by atoms with Gasteiger partial charge in [-0.3, -0.25) is 0 Å². The zero-order valence-electron chi connectivity index (χ0n) is 10.5. The molecule has 0 aliphatic carbocycles. The van der Waals surface area contributed by atoms with Crippen molar-refractivity contribution in [3.63, 3.8) is 0 Å². The van der Waals surface area contributed by atoms with E-state index in [1.54, 1.807) is 13.0 Å². The predicted molar refractivity (Wildman–Crippen MR) is 63.6 cm³/mol.